The fraction of sp³-hybridized carbons (Fsp3) is 0.882. The van der Waals surface area contributed by atoms with Gasteiger partial charge in [-0.25, -0.2) is 0 Å². The van der Waals surface area contributed by atoms with Crippen molar-refractivity contribution in [3.05, 3.63) is 0 Å². The first-order valence-corrected chi connectivity index (χ1v) is 8.38. The molecule has 6 nitrogen and oxygen atoms in total. The van der Waals surface area contributed by atoms with Crippen molar-refractivity contribution >= 4 is 11.9 Å². The highest BCUT2D eigenvalue weighted by molar-refractivity contribution is 5.71. The van der Waals surface area contributed by atoms with Gasteiger partial charge in [-0.05, 0) is 13.3 Å². The van der Waals surface area contributed by atoms with E-state index >= 15 is 0 Å². The Labute approximate surface area is 139 Å². The maximum atomic E-state index is 11.1. The molecular formula is C17H32O6. The molecule has 0 spiro atoms. The first kappa shape index (κ1) is 21.9. The Balaban J connectivity index is 0.000000433. The second kappa shape index (κ2) is 12.3. The van der Waals surface area contributed by atoms with Gasteiger partial charge in [-0.15, -0.1) is 0 Å². The highest BCUT2D eigenvalue weighted by atomic mass is 16.7. The largest absolute Gasteiger partial charge is 0.463 e. The first-order valence-electron chi connectivity index (χ1n) is 8.38. The SMILES string of the molecule is CC(C)C(=O)OCC1CO1.CCCCOC(C)OC(=O)C(C)C. The molecular weight excluding hydrogens is 300 g/mol. The molecule has 23 heavy (non-hydrogen) atoms. The third kappa shape index (κ3) is 13.0. The van der Waals surface area contributed by atoms with Crippen molar-refractivity contribution in [3.63, 3.8) is 0 Å². The summed E-state index contributed by atoms with van der Waals surface area (Å²) in [5, 5.41) is 0. The normalized spacial score (nSPS) is 17.3. The van der Waals surface area contributed by atoms with Crippen molar-refractivity contribution in [2.45, 2.75) is 66.8 Å². The highest BCUT2D eigenvalue weighted by Crippen LogP contribution is 2.09. The van der Waals surface area contributed by atoms with E-state index in [0.29, 0.717) is 13.2 Å². The number of ether oxygens (including phenoxy) is 4. The van der Waals surface area contributed by atoms with Crippen LogP contribution in [0.4, 0.5) is 0 Å². The molecule has 1 aliphatic rings. The molecule has 0 amide bonds. The molecule has 0 aromatic carbocycles. The number of hydrogen-bond acceptors (Lipinski definition) is 6. The van der Waals surface area contributed by atoms with Crippen LogP contribution < -0.4 is 0 Å². The van der Waals surface area contributed by atoms with Gasteiger partial charge in [0.05, 0.1) is 25.0 Å². The summed E-state index contributed by atoms with van der Waals surface area (Å²) in [6.45, 7) is 12.9. The Kier molecular flexibility index (Phi) is 11.7. The summed E-state index contributed by atoms with van der Waals surface area (Å²) in [6.07, 6.45) is 1.86. The summed E-state index contributed by atoms with van der Waals surface area (Å²) >= 11 is 0. The second-order valence-corrected chi connectivity index (χ2v) is 6.12. The van der Waals surface area contributed by atoms with E-state index in [1.807, 2.05) is 13.8 Å². The van der Waals surface area contributed by atoms with E-state index in [0.717, 1.165) is 19.4 Å². The van der Waals surface area contributed by atoms with Crippen LogP contribution in [0.2, 0.25) is 0 Å². The van der Waals surface area contributed by atoms with Crippen LogP contribution in [-0.4, -0.2) is 44.2 Å². The van der Waals surface area contributed by atoms with E-state index in [4.69, 9.17) is 18.9 Å². The van der Waals surface area contributed by atoms with Gasteiger partial charge in [0.1, 0.15) is 12.7 Å². The molecule has 0 saturated carbocycles. The van der Waals surface area contributed by atoms with Crippen molar-refractivity contribution < 1.29 is 28.5 Å². The van der Waals surface area contributed by atoms with Gasteiger partial charge in [0.2, 0.25) is 0 Å². The molecule has 0 aromatic heterocycles. The summed E-state index contributed by atoms with van der Waals surface area (Å²) in [4.78, 5) is 21.9. The van der Waals surface area contributed by atoms with Gasteiger partial charge in [0.15, 0.2) is 6.29 Å². The zero-order valence-electron chi connectivity index (χ0n) is 15.3. The minimum absolute atomic E-state index is 0.0289. The molecule has 6 heteroatoms. The van der Waals surface area contributed by atoms with Crippen LogP contribution in [0.1, 0.15) is 54.4 Å². The monoisotopic (exact) mass is 332 g/mol. The van der Waals surface area contributed by atoms with Crippen molar-refractivity contribution in [3.8, 4) is 0 Å². The van der Waals surface area contributed by atoms with E-state index in [9.17, 15) is 9.59 Å². The smallest absolute Gasteiger partial charge is 0.310 e. The van der Waals surface area contributed by atoms with Crippen LogP contribution in [0.5, 0.6) is 0 Å². The Morgan fingerprint density at radius 2 is 1.65 bits per heavy atom. The lowest BCUT2D eigenvalue weighted by Crippen LogP contribution is -2.21. The first-order chi connectivity index (χ1) is 10.8. The number of carbonyl (C=O) groups excluding carboxylic acids is 2. The van der Waals surface area contributed by atoms with Crippen LogP contribution >= 0.6 is 0 Å². The Bertz CT molecular complexity index is 336. The van der Waals surface area contributed by atoms with E-state index in [2.05, 4.69) is 6.92 Å². The standard InChI is InChI=1S/C10H20O3.C7H12O3/c1-5-6-7-12-9(4)13-10(11)8(2)3;1-5(2)7(8)10-4-6-3-9-6/h8-9H,5-7H2,1-4H3;5-6H,3-4H2,1-2H3. The average Bonchev–Trinajstić information content (AvgIpc) is 3.29. The fourth-order valence-electron chi connectivity index (χ4n) is 1.23. The van der Waals surface area contributed by atoms with Gasteiger partial charge in [-0.1, -0.05) is 41.0 Å². The van der Waals surface area contributed by atoms with Crippen LogP contribution in [0.25, 0.3) is 0 Å². The third-order valence-electron chi connectivity index (χ3n) is 2.89. The van der Waals surface area contributed by atoms with Crippen LogP contribution in [0.15, 0.2) is 0 Å². The molecule has 0 aromatic rings. The summed E-state index contributed by atoms with van der Waals surface area (Å²) in [5.74, 6) is -0.463. The van der Waals surface area contributed by atoms with Crippen molar-refractivity contribution in [1.82, 2.24) is 0 Å². The molecule has 1 aliphatic heterocycles. The molecule has 1 heterocycles. The van der Waals surface area contributed by atoms with E-state index < -0.39 is 6.29 Å². The van der Waals surface area contributed by atoms with Gasteiger partial charge in [-0.3, -0.25) is 9.59 Å². The summed E-state index contributed by atoms with van der Waals surface area (Å²) in [5.41, 5.74) is 0. The van der Waals surface area contributed by atoms with E-state index in [-0.39, 0.29) is 29.9 Å². The Hall–Kier alpha value is -1.14. The summed E-state index contributed by atoms with van der Waals surface area (Å²) in [7, 11) is 0. The second-order valence-electron chi connectivity index (χ2n) is 6.12. The minimum atomic E-state index is -0.415. The predicted octanol–water partition coefficient (Wildman–Crippen LogP) is 2.93. The lowest BCUT2D eigenvalue weighted by molar-refractivity contribution is -0.178. The molecule has 136 valence electrons. The predicted molar refractivity (Wildman–Crippen MR) is 86.8 cm³/mol. The van der Waals surface area contributed by atoms with Crippen LogP contribution in [-0.2, 0) is 28.5 Å². The zero-order valence-corrected chi connectivity index (χ0v) is 15.3. The van der Waals surface area contributed by atoms with Gasteiger partial charge in [-0.2, -0.15) is 0 Å². The average molecular weight is 332 g/mol. The Morgan fingerprint density at radius 3 is 2.09 bits per heavy atom. The van der Waals surface area contributed by atoms with Crippen LogP contribution in [0, 0.1) is 11.8 Å². The lowest BCUT2D eigenvalue weighted by Gasteiger charge is -2.15. The maximum absolute atomic E-state index is 11.1. The van der Waals surface area contributed by atoms with Crippen molar-refractivity contribution in [2.75, 3.05) is 19.8 Å². The number of hydrogen-bond donors (Lipinski definition) is 0. The summed E-state index contributed by atoms with van der Waals surface area (Å²) in [6, 6.07) is 0. The molecule has 0 radical (unpaired) electrons. The van der Waals surface area contributed by atoms with Gasteiger partial charge in [0, 0.05) is 0 Å². The number of epoxide rings is 1. The molecule has 2 atom stereocenters. The number of carbonyl (C=O) groups is 2. The third-order valence-corrected chi connectivity index (χ3v) is 2.89. The summed E-state index contributed by atoms with van der Waals surface area (Å²) < 4.78 is 20.0. The van der Waals surface area contributed by atoms with Crippen molar-refractivity contribution in [2.24, 2.45) is 11.8 Å². The molecule has 0 N–H and O–H groups in total. The minimum Gasteiger partial charge on any atom is -0.463 e. The van der Waals surface area contributed by atoms with Crippen LogP contribution in [0.3, 0.4) is 0 Å². The molecule has 1 fully saturated rings. The maximum Gasteiger partial charge on any atom is 0.310 e. The quantitative estimate of drug-likeness (QED) is 0.280. The lowest BCUT2D eigenvalue weighted by atomic mass is 10.2. The van der Waals surface area contributed by atoms with E-state index in [1.54, 1.807) is 20.8 Å². The number of esters is 2. The highest BCUT2D eigenvalue weighted by Gasteiger charge is 2.24. The van der Waals surface area contributed by atoms with E-state index in [1.165, 1.54) is 0 Å². The zero-order chi connectivity index (χ0) is 17.8. The molecule has 0 bridgehead atoms. The fourth-order valence-corrected chi connectivity index (χ4v) is 1.23. The van der Waals surface area contributed by atoms with Gasteiger partial charge >= 0.3 is 11.9 Å². The molecule has 1 rings (SSSR count). The molecule has 2 unspecified atom stereocenters. The number of rotatable bonds is 9. The van der Waals surface area contributed by atoms with Crippen molar-refractivity contribution in [1.29, 1.82) is 0 Å². The molecule has 0 aliphatic carbocycles. The Morgan fingerprint density at radius 1 is 1.09 bits per heavy atom. The van der Waals surface area contributed by atoms with Gasteiger partial charge < -0.3 is 18.9 Å². The van der Waals surface area contributed by atoms with Gasteiger partial charge in [0.25, 0.3) is 0 Å². The number of unbranched alkanes of at least 4 members (excludes halogenated alkanes) is 1. The topological polar surface area (TPSA) is 74.4 Å². The molecule has 1 saturated heterocycles.